The zero-order valence-corrected chi connectivity index (χ0v) is 11.6. The maximum absolute atomic E-state index is 11.8. The predicted octanol–water partition coefficient (Wildman–Crippen LogP) is 2.46. The number of carbonyl (C=O) groups is 1. The summed E-state index contributed by atoms with van der Waals surface area (Å²) in [4.78, 5) is 13.7. The second-order valence-electron chi connectivity index (χ2n) is 4.54. The van der Waals surface area contributed by atoms with Crippen molar-refractivity contribution in [2.75, 3.05) is 13.1 Å². The molecule has 0 heterocycles. The van der Waals surface area contributed by atoms with Crippen LogP contribution in [0.15, 0.2) is 30.3 Å². The number of carbonyl (C=O) groups excluding carboxylic acids is 1. The molecule has 3 heteroatoms. The molecule has 1 rings (SSSR count). The Morgan fingerprint density at radius 3 is 2.68 bits per heavy atom. The molecule has 0 bridgehead atoms. The molecule has 3 nitrogen and oxygen atoms in total. The molecule has 19 heavy (non-hydrogen) atoms. The van der Waals surface area contributed by atoms with Gasteiger partial charge in [-0.3, -0.25) is 9.69 Å². The number of nitrogens with zero attached hydrogens (tertiary/aromatic N) is 1. The van der Waals surface area contributed by atoms with E-state index in [0.29, 0.717) is 13.1 Å². The van der Waals surface area contributed by atoms with E-state index < -0.39 is 0 Å². The Bertz CT molecular complexity index is 422. The Morgan fingerprint density at radius 2 is 2.11 bits per heavy atom. The molecular weight excluding hydrogens is 238 g/mol. The van der Waals surface area contributed by atoms with E-state index in [0.717, 1.165) is 12.0 Å². The summed E-state index contributed by atoms with van der Waals surface area (Å²) in [5.41, 5.74) is 1.13. The quantitative estimate of drug-likeness (QED) is 0.556. The smallest absolute Gasteiger partial charge is 0.320 e. The van der Waals surface area contributed by atoms with Crippen molar-refractivity contribution < 1.29 is 9.53 Å². The van der Waals surface area contributed by atoms with Gasteiger partial charge in [-0.1, -0.05) is 43.2 Å². The van der Waals surface area contributed by atoms with Crippen LogP contribution in [0.4, 0.5) is 0 Å². The molecular formula is C16H21NO2. The molecule has 0 saturated carbocycles. The van der Waals surface area contributed by atoms with E-state index in [2.05, 4.69) is 5.92 Å². The van der Waals surface area contributed by atoms with E-state index in [1.54, 1.807) is 0 Å². The Balaban J connectivity index is 2.53. The minimum atomic E-state index is -0.222. The first-order chi connectivity index (χ1) is 9.15. The van der Waals surface area contributed by atoms with Crippen molar-refractivity contribution in [3.05, 3.63) is 35.9 Å². The molecule has 0 amide bonds. The first kappa shape index (κ1) is 15.3. The summed E-state index contributed by atoms with van der Waals surface area (Å²) in [5, 5.41) is 0. The molecule has 0 radical (unpaired) electrons. The van der Waals surface area contributed by atoms with Gasteiger partial charge in [-0.25, -0.2) is 0 Å². The number of rotatable bonds is 7. The van der Waals surface area contributed by atoms with Gasteiger partial charge in [-0.05, 0) is 18.9 Å². The summed E-state index contributed by atoms with van der Waals surface area (Å²) >= 11 is 0. The number of benzene rings is 1. The van der Waals surface area contributed by atoms with Gasteiger partial charge < -0.3 is 4.74 Å². The lowest BCUT2D eigenvalue weighted by Crippen LogP contribution is -2.32. The zero-order chi connectivity index (χ0) is 14.1. The molecule has 0 aromatic heterocycles. The Kier molecular flexibility index (Phi) is 6.70. The van der Waals surface area contributed by atoms with Gasteiger partial charge in [-0.2, -0.15) is 0 Å². The maximum Gasteiger partial charge on any atom is 0.320 e. The van der Waals surface area contributed by atoms with Crippen LogP contribution in [0.2, 0.25) is 0 Å². The van der Waals surface area contributed by atoms with Crippen LogP contribution in [-0.2, 0) is 16.1 Å². The molecule has 102 valence electrons. The van der Waals surface area contributed by atoms with Crippen molar-refractivity contribution in [1.29, 1.82) is 0 Å². The number of esters is 1. The van der Waals surface area contributed by atoms with Crippen LogP contribution in [-0.4, -0.2) is 30.1 Å². The number of terminal acetylenes is 1. The number of hydrogen-bond acceptors (Lipinski definition) is 3. The van der Waals surface area contributed by atoms with Crippen molar-refractivity contribution >= 4 is 5.97 Å². The summed E-state index contributed by atoms with van der Waals surface area (Å²) < 4.78 is 5.26. The van der Waals surface area contributed by atoms with Crippen LogP contribution in [0.25, 0.3) is 0 Å². The second-order valence-corrected chi connectivity index (χ2v) is 4.54. The van der Waals surface area contributed by atoms with Crippen molar-refractivity contribution in [3.63, 3.8) is 0 Å². The van der Waals surface area contributed by atoms with Gasteiger partial charge in [0.25, 0.3) is 0 Å². The third-order valence-electron chi connectivity index (χ3n) is 2.82. The van der Waals surface area contributed by atoms with Gasteiger partial charge in [0.05, 0.1) is 19.2 Å². The van der Waals surface area contributed by atoms with E-state index >= 15 is 0 Å². The highest BCUT2D eigenvalue weighted by molar-refractivity contribution is 5.71. The van der Waals surface area contributed by atoms with Gasteiger partial charge >= 0.3 is 5.97 Å². The zero-order valence-electron chi connectivity index (χ0n) is 11.6. The molecule has 0 saturated heterocycles. The Hall–Kier alpha value is -1.79. The fraction of sp³-hybridized carbons (Fsp3) is 0.438. The van der Waals surface area contributed by atoms with Crippen molar-refractivity contribution in [2.45, 2.75) is 32.9 Å². The average Bonchev–Trinajstić information content (AvgIpc) is 2.39. The summed E-state index contributed by atoms with van der Waals surface area (Å²) in [6.07, 6.45) is 6.12. The van der Waals surface area contributed by atoms with Crippen LogP contribution < -0.4 is 0 Å². The summed E-state index contributed by atoms with van der Waals surface area (Å²) in [6.45, 7) is 5.19. The lowest BCUT2D eigenvalue weighted by molar-refractivity contribution is -0.149. The third-order valence-corrected chi connectivity index (χ3v) is 2.82. The van der Waals surface area contributed by atoms with Crippen LogP contribution in [0.3, 0.4) is 0 Å². The fourth-order valence-electron chi connectivity index (χ4n) is 1.67. The summed E-state index contributed by atoms with van der Waals surface area (Å²) in [7, 11) is 0. The molecule has 0 aliphatic rings. The predicted molar refractivity (Wildman–Crippen MR) is 76.4 cm³/mol. The van der Waals surface area contributed by atoms with Crippen LogP contribution in [0, 0.1) is 12.3 Å². The van der Waals surface area contributed by atoms with Crippen molar-refractivity contribution in [3.8, 4) is 12.3 Å². The number of ether oxygens (including phenoxy) is 1. The Morgan fingerprint density at radius 1 is 1.42 bits per heavy atom. The highest BCUT2D eigenvalue weighted by atomic mass is 16.5. The second kappa shape index (κ2) is 8.34. The lowest BCUT2D eigenvalue weighted by atomic mass is 10.2. The molecule has 0 aliphatic heterocycles. The molecule has 1 aromatic carbocycles. The molecule has 0 spiro atoms. The van der Waals surface area contributed by atoms with E-state index in [-0.39, 0.29) is 18.6 Å². The first-order valence-corrected chi connectivity index (χ1v) is 6.55. The minimum absolute atomic E-state index is 0.0445. The highest BCUT2D eigenvalue weighted by Crippen LogP contribution is 2.05. The largest absolute Gasteiger partial charge is 0.462 e. The fourth-order valence-corrected chi connectivity index (χ4v) is 1.67. The topological polar surface area (TPSA) is 29.5 Å². The molecule has 0 N–H and O–H groups in total. The van der Waals surface area contributed by atoms with Gasteiger partial charge in [0.2, 0.25) is 0 Å². The van der Waals surface area contributed by atoms with E-state index in [4.69, 9.17) is 11.2 Å². The standard InChI is InChI=1S/C16H21NO2/c1-4-11-17(12-15-9-7-6-8-10-15)13-16(18)19-14(3)5-2/h1,6-10,14H,5,11-13H2,2-3H3. The normalized spacial score (nSPS) is 11.9. The van der Waals surface area contributed by atoms with Crippen LogP contribution in [0.1, 0.15) is 25.8 Å². The highest BCUT2D eigenvalue weighted by Gasteiger charge is 2.13. The molecule has 1 aromatic rings. The van der Waals surface area contributed by atoms with Crippen LogP contribution in [0.5, 0.6) is 0 Å². The van der Waals surface area contributed by atoms with Crippen LogP contribution >= 0.6 is 0 Å². The molecule has 1 unspecified atom stereocenters. The number of hydrogen-bond donors (Lipinski definition) is 0. The van der Waals surface area contributed by atoms with Crippen molar-refractivity contribution in [1.82, 2.24) is 4.90 Å². The van der Waals surface area contributed by atoms with Gasteiger partial charge in [0, 0.05) is 6.54 Å². The lowest BCUT2D eigenvalue weighted by Gasteiger charge is -2.20. The Labute approximate surface area is 115 Å². The molecule has 0 aliphatic carbocycles. The maximum atomic E-state index is 11.8. The van der Waals surface area contributed by atoms with E-state index in [1.165, 1.54) is 0 Å². The first-order valence-electron chi connectivity index (χ1n) is 6.55. The average molecular weight is 259 g/mol. The third kappa shape index (κ3) is 6.08. The van der Waals surface area contributed by atoms with E-state index in [1.807, 2.05) is 49.1 Å². The summed E-state index contributed by atoms with van der Waals surface area (Å²) in [6, 6.07) is 9.95. The minimum Gasteiger partial charge on any atom is -0.462 e. The van der Waals surface area contributed by atoms with E-state index in [9.17, 15) is 4.79 Å². The van der Waals surface area contributed by atoms with Crippen molar-refractivity contribution in [2.24, 2.45) is 0 Å². The monoisotopic (exact) mass is 259 g/mol. The van der Waals surface area contributed by atoms with Gasteiger partial charge in [-0.15, -0.1) is 6.42 Å². The van der Waals surface area contributed by atoms with Gasteiger partial charge in [0.15, 0.2) is 0 Å². The van der Waals surface area contributed by atoms with Gasteiger partial charge in [0.1, 0.15) is 0 Å². The molecule has 1 atom stereocenters. The summed E-state index contributed by atoms with van der Waals surface area (Å²) in [5.74, 6) is 2.36. The SMILES string of the molecule is C#CCN(CC(=O)OC(C)CC)Cc1ccccc1. The molecule has 0 fully saturated rings.